The summed E-state index contributed by atoms with van der Waals surface area (Å²) in [7, 11) is -3.57. The lowest BCUT2D eigenvalue weighted by atomic mass is 10.2. The largest absolute Gasteiger partial charge is 0.292 e. The van der Waals surface area contributed by atoms with Gasteiger partial charge >= 0.3 is 0 Å². The van der Waals surface area contributed by atoms with Crippen LogP contribution in [0, 0.1) is 5.82 Å². The van der Waals surface area contributed by atoms with Crippen molar-refractivity contribution in [3.8, 4) is 0 Å². The number of nitrogens with one attached hydrogen (secondary N) is 1. The highest BCUT2D eigenvalue weighted by Gasteiger charge is 2.28. The third-order valence-electron chi connectivity index (χ3n) is 4.53. The van der Waals surface area contributed by atoms with Crippen LogP contribution >= 0.6 is 27.5 Å². The summed E-state index contributed by atoms with van der Waals surface area (Å²) in [6, 6.07) is 10.7. The maximum absolute atomic E-state index is 13.7. The molecule has 1 aliphatic heterocycles. The minimum Gasteiger partial charge on any atom is -0.292 e. The fourth-order valence-corrected chi connectivity index (χ4v) is 4.82. The summed E-state index contributed by atoms with van der Waals surface area (Å²) in [5, 5.41) is 3.93. The summed E-state index contributed by atoms with van der Waals surface area (Å²) >= 11 is 9.18. The Hall–Kier alpha value is -1.85. The molecule has 11 heteroatoms. The van der Waals surface area contributed by atoms with E-state index in [-0.39, 0.29) is 41.0 Å². The molecule has 1 aliphatic rings. The Morgan fingerprint density at radius 1 is 1.17 bits per heavy atom. The van der Waals surface area contributed by atoms with Gasteiger partial charge in [0.2, 0.25) is 10.0 Å². The molecule has 1 heterocycles. The number of amides is 1. The van der Waals surface area contributed by atoms with Crippen molar-refractivity contribution in [1.82, 2.24) is 14.6 Å². The smallest absolute Gasteiger partial charge is 0.254 e. The number of hydrogen-bond donors (Lipinski definition) is 1. The van der Waals surface area contributed by atoms with E-state index >= 15 is 0 Å². The number of benzene rings is 2. The second kappa shape index (κ2) is 9.97. The first-order chi connectivity index (χ1) is 14.3. The second-order valence-corrected chi connectivity index (χ2v) is 9.82. The molecule has 160 valence electrons. The molecule has 2 aromatic rings. The number of halogens is 3. The Balaban J connectivity index is 1.50. The molecule has 0 radical (unpaired) electrons. The molecular weight excluding hydrogens is 499 g/mol. The molecule has 1 saturated heterocycles. The number of hydrazone groups is 1. The van der Waals surface area contributed by atoms with Crippen molar-refractivity contribution in [2.75, 3.05) is 32.7 Å². The van der Waals surface area contributed by atoms with Gasteiger partial charge in [-0.3, -0.25) is 9.69 Å². The van der Waals surface area contributed by atoms with Gasteiger partial charge in [0.1, 0.15) is 5.82 Å². The van der Waals surface area contributed by atoms with Crippen molar-refractivity contribution < 1.29 is 17.6 Å². The minimum absolute atomic E-state index is 0.0501. The Morgan fingerprint density at radius 3 is 2.47 bits per heavy atom. The molecule has 3 rings (SSSR count). The standard InChI is InChI=1S/C19H19BrClFN4O3S/c20-14-4-6-15(7-5-14)30(28,29)26-10-8-25(9-11-26)13-19(27)24-23-12-16-17(21)2-1-3-18(16)22/h1-7,12H,8-11,13H2,(H,24,27)/b23-12-. The summed E-state index contributed by atoms with van der Waals surface area (Å²) in [6.45, 7) is 1.42. The first-order valence-corrected chi connectivity index (χ1v) is 11.6. The number of rotatable bonds is 6. The van der Waals surface area contributed by atoms with E-state index in [2.05, 4.69) is 26.5 Å². The molecule has 0 saturated carbocycles. The Morgan fingerprint density at radius 2 is 1.83 bits per heavy atom. The molecule has 1 amide bonds. The van der Waals surface area contributed by atoms with Crippen molar-refractivity contribution in [2.45, 2.75) is 4.90 Å². The lowest BCUT2D eigenvalue weighted by Gasteiger charge is -2.33. The molecule has 0 aromatic heterocycles. The van der Waals surface area contributed by atoms with Gasteiger partial charge in [0, 0.05) is 36.2 Å². The zero-order valence-electron chi connectivity index (χ0n) is 15.8. The van der Waals surface area contributed by atoms with E-state index in [1.54, 1.807) is 24.3 Å². The molecule has 2 aromatic carbocycles. The van der Waals surface area contributed by atoms with Crippen molar-refractivity contribution in [3.63, 3.8) is 0 Å². The normalized spacial score (nSPS) is 16.1. The van der Waals surface area contributed by atoms with Crippen molar-refractivity contribution in [1.29, 1.82) is 0 Å². The molecule has 0 aliphatic carbocycles. The number of nitrogens with zero attached hydrogens (tertiary/aromatic N) is 3. The van der Waals surface area contributed by atoms with E-state index in [9.17, 15) is 17.6 Å². The predicted octanol–water partition coefficient (Wildman–Crippen LogP) is 2.70. The first-order valence-electron chi connectivity index (χ1n) is 9.01. The van der Waals surface area contributed by atoms with Gasteiger partial charge in [-0.15, -0.1) is 0 Å². The second-order valence-electron chi connectivity index (χ2n) is 6.56. The van der Waals surface area contributed by atoms with Crippen molar-refractivity contribution in [3.05, 3.63) is 63.3 Å². The van der Waals surface area contributed by atoms with E-state index < -0.39 is 15.8 Å². The highest BCUT2D eigenvalue weighted by molar-refractivity contribution is 9.10. The quantitative estimate of drug-likeness (QED) is 0.472. The molecule has 30 heavy (non-hydrogen) atoms. The average Bonchev–Trinajstić information content (AvgIpc) is 2.71. The van der Waals surface area contributed by atoms with Gasteiger partial charge in [0.15, 0.2) is 0 Å². The first kappa shape index (κ1) is 22.8. The Kier molecular flexibility index (Phi) is 7.59. The number of hydrogen-bond acceptors (Lipinski definition) is 5. The van der Waals surface area contributed by atoms with E-state index in [0.717, 1.165) is 10.7 Å². The third-order valence-corrected chi connectivity index (χ3v) is 7.30. The maximum Gasteiger partial charge on any atom is 0.254 e. The summed E-state index contributed by atoms with van der Waals surface area (Å²) in [5.74, 6) is -0.925. The molecule has 1 fully saturated rings. The minimum atomic E-state index is -3.57. The van der Waals surface area contributed by atoms with Gasteiger partial charge in [0.05, 0.1) is 22.7 Å². The van der Waals surface area contributed by atoms with Gasteiger partial charge in [-0.1, -0.05) is 33.6 Å². The molecule has 0 unspecified atom stereocenters. The Labute approximate surface area is 187 Å². The SMILES string of the molecule is O=C(CN1CCN(S(=O)(=O)c2ccc(Br)cc2)CC1)N/N=C\c1c(F)cccc1Cl. The van der Waals surface area contributed by atoms with Gasteiger partial charge in [-0.25, -0.2) is 18.2 Å². The number of piperazine rings is 1. The van der Waals surface area contributed by atoms with Crippen LogP contribution in [0.4, 0.5) is 4.39 Å². The molecule has 0 atom stereocenters. The summed E-state index contributed by atoms with van der Waals surface area (Å²) in [4.78, 5) is 14.1. The highest BCUT2D eigenvalue weighted by Crippen LogP contribution is 2.20. The van der Waals surface area contributed by atoms with Crippen LogP contribution in [-0.4, -0.2) is 62.5 Å². The predicted molar refractivity (Wildman–Crippen MR) is 116 cm³/mol. The van der Waals surface area contributed by atoms with Crippen LogP contribution in [0.2, 0.25) is 5.02 Å². The molecule has 0 spiro atoms. The molecular formula is C19H19BrClFN4O3S. The van der Waals surface area contributed by atoms with Crippen LogP contribution in [0.3, 0.4) is 0 Å². The summed E-state index contributed by atoms with van der Waals surface area (Å²) < 4.78 is 41.3. The summed E-state index contributed by atoms with van der Waals surface area (Å²) in [5.41, 5.74) is 2.42. The molecule has 1 N–H and O–H groups in total. The topological polar surface area (TPSA) is 82.1 Å². The van der Waals surface area contributed by atoms with Gasteiger partial charge < -0.3 is 0 Å². The lowest BCUT2D eigenvalue weighted by molar-refractivity contribution is -0.122. The number of carbonyl (C=O) groups excluding carboxylic acids is 1. The van der Waals surface area contributed by atoms with Gasteiger partial charge in [0.25, 0.3) is 5.91 Å². The number of carbonyl (C=O) groups is 1. The monoisotopic (exact) mass is 516 g/mol. The van der Waals surface area contributed by atoms with Crippen LogP contribution in [-0.2, 0) is 14.8 Å². The van der Waals surface area contributed by atoms with E-state index in [4.69, 9.17) is 11.6 Å². The molecule has 7 nitrogen and oxygen atoms in total. The fraction of sp³-hybridized carbons (Fsp3) is 0.263. The third kappa shape index (κ3) is 5.64. The van der Waals surface area contributed by atoms with Crippen molar-refractivity contribution >= 4 is 49.7 Å². The van der Waals surface area contributed by atoms with E-state index in [1.165, 1.54) is 22.5 Å². The highest BCUT2D eigenvalue weighted by atomic mass is 79.9. The lowest BCUT2D eigenvalue weighted by Crippen LogP contribution is -2.50. The Bertz CT molecular complexity index is 1020. The fourth-order valence-electron chi connectivity index (χ4n) is 2.92. The van der Waals surface area contributed by atoms with Gasteiger partial charge in [-0.05, 0) is 36.4 Å². The van der Waals surface area contributed by atoms with Crippen LogP contribution < -0.4 is 5.43 Å². The zero-order valence-corrected chi connectivity index (χ0v) is 18.9. The zero-order chi connectivity index (χ0) is 21.7. The maximum atomic E-state index is 13.7. The van der Waals surface area contributed by atoms with Crippen LogP contribution in [0.15, 0.2) is 56.9 Å². The summed E-state index contributed by atoms with van der Waals surface area (Å²) in [6.07, 6.45) is 1.15. The van der Waals surface area contributed by atoms with Crippen LogP contribution in [0.1, 0.15) is 5.56 Å². The van der Waals surface area contributed by atoms with Crippen molar-refractivity contribution in [2.24, 2.45) is 5.10 Å². The average molecular weight is 518 g/mol. The van der Waals surface area contributed by atoms with E-state index in [0.29, 0.717) is 13.1 Å². The number of sulfonamides is 1. The van der Waals surface area contributed by atoms with Crippen LogP contribution in [0.5, 0.6) is 0 Å². The van der Waals surface area contributed by atoms with Gasteiger partial charge in [-0.2, -0.15) is 9.41 Å². The molecule has 0 bridgehead atoms. The van der Waals surface area contributed by atoms with E-state index in [1.807, 2.05) is 4.90 Å². The van der Waals surface area contributed by atoms with Crippen LogP contribution in [0.25, 0.3) is 0 Å².